The molecule has 1 aromatic carbocycles. The maximum atomic E-state index is 13.1. The molecule has 0 atom stereocenters. The summed E-state index contributed by atoms with van der Waals surface area (Å²) in [6, 6.07) is 5.09. The summed E-state index contributed by atoms with van der Waals surface area (Å²) in [6.45, 7) is 9.01. The monoisotopic (exact) mass is 469 g/mol. The third kappa shape index (κ3) is 4.77. The average molecular weight is 470 g/mol. The second kappa shape index (κ2) is 10.3. The lowest BCUT2D eigenvalue weighted by Crippen LogP contribution is -2.28. The van der Waals surface area contributed by atoms with E-state index in [1.54, 1.807) is 22.9 Å². The van der Waals surface area contributed by atoms with Gasteiger partial charge in [0.05, 0.1) is 43.7 Å². The highest BCUT2D eigenvalue weighted by Gasteiger charge is 2.23. The Labute approximate surface area is 198 Å². The van der Waals surface area contributed by atoms with Crippen molar-refractivity contribution in [3.8, 4) is 5.75 Å². The fourth-order valence-electron chi connectivity index (χ4n) is 4.03. The van der Waals surface area contributed by atoms with E-state index in [0.717, 1.165) is 37.3 Å². The highest BCUT2D eigenvalue weighted by molar-refractivity contribution is 6.04. The van der Waals surface area contributed by atoms with E-state index >= 15 is 0 Å². The zero-order valence-corrected chi connectivity index (χ0v) is 20.1. The highest BCUT2D eigenvalue weighted by Crippen LogP contribution is 2.32. The van der Waals surface area contributed by atoms with Gasteiger partial charge in [-0.2, -0.15) is 5.10 Å². The predicted molar refractivity (Wildman–Crippen MR) is 126 cm³/mol. The molecule has 1 aliphatic heterocycles. The Kier molecular flexibility index (Phi) is 7.16. The first kappa shape index (κ1) is 23.7. The summed E-state index contributed by atoms with van der Waals surface area (Å²) in [4.78, 5) is 30.0. The number of nitrogens with one attached hydrogen (secondary N) is 1. The number of imidazole rings is 1. The van der Waals surface area contributed by atoms with Crippen molar-refractivity contribution in [2.24, 2.45) is 5.92 Å². The van der Waals surface area contributed by atoms with E-state index in [1.165, 1.54) is 7.11 Å². The standard InChI is InChI=1S/C24H31N5O5/c1-5-8-28-21-18(25-24(28)26-22(30)19-10-15(3)27-29(19)6-2)11-17(23(31)32-4)12-20(21)34-9-7-16-13-33-14-16/h10-12,16H,5-9,13-14H2,1-4H3,(H,25,26,30). The summed E-state index contributed by atoms with van der Waals surface area (Å²) >= 11 is 0. The number of anilines is 1. The SMILES string of the molecule is CCCn1c(NC(=O)c2cc(C)nn2CC)nc2cc(C(=O)OC)cc(OCCC3COC3)c21. The van der Waals surface area contributed by atoms with Gasteiger partial charge < -0.3 is 18.8 Å². The van der Waals surface area contributed by atoms with Gasteiger partial charge in [-0.25, -0.2) is 9.78 Å². The maximum Gasteiger partial charge on any atom is 0.338 e. The second-order valence-electron chi connectivity index (χ2n) is 8.40. The number of benzene rings is 1. The predicted octanol–water partition coefficient (Wildman–Crippen LogP) is 3.43. The number of hydrogen-bond donors (Lipinski definition) is 1. The minimum Gasteiger partial charge on any atom is -0.491 e. The van der Waals surface area contributed by atoms with Crippen molar-refractivity contribution in [2.75, 3.05) is 32.2 Å². The van der Waals surface area contributed by atoms with Crippen LogP contribution in [0.15, 0.2) is 18.2 Å². The molecule has 10 heteroatoms. The number of nitrogens with zero attached hydrogens (tertiary/aromatic N) is 4. The van der Waals surface area contributed by atoms with E-state index in [1.807, 2.05) is 25.3 Å². The van der Waals surface area contributed by atoms with Gasteiger partial charge in [0.2, 0.25) is 5.95 Å². The molecule has 2 aromatic heterocycles. The number of ether oxygens (including phenoxy) is 3. The maximum absolute atomic E-state index is 13.1. The molecule has 0 spiro atoms. The average Bonchev–Trinajstić information content (AvgIpc) is 3.34. The molecule has 10 nitrogen and oxygen atoms in total. The minimum absolute atomic E-state index is 0.296. The van der Waals surface area contributed by atoms with Crippen LogP contribution in [0.1, 0.15) is 53.2 Å². The molecule has 0 bridgehead atoms. The lowest BCUT2D eigenvalue weighted by molar-refractivity contribution is -0.0400. The van der Waals surface area contributed by atoms with E-state index in [-0.39, 0.29) is 5.91 Å². The molecule has 3 heterocycles. The number of hydrogen-bond acceptors (Lipinski definition) is 7. The smallest absolute Gasteiger partial charge is 0.338 e. The fraction of sp³-hybridized carbons (Fsp3) is 0.500. The van der Waals surface area contributed by atoms with Crippen LogP contribution in [-0.2, 0) is 22.6 Å². The Morgan fingerprint density at radius 2 is 2.03 bits per heavy atom. The fourth-order valence-corrected chi connectivity index (χ4v) is 4.03. The minimum atomic E-state index is -0.475. The molecule has 1 aliphatic rings. The zero-order valence-electron chi connectivity index (χ0n) is 20.1. The van der Waals surface area contributed by atoms with E-state index in [9.17, 15) is 9.59 Å². The van der Waals surface area contributed by atoms with Gasteiger partial charge in [0.15, 0.2) is 0 Å². The molecule has 0 radical (unpaired) electrons. The van der Waals surface area contributed by atoms with Crippen molar-refractivity contribution >= 4 is 28.9 Å². The highest BCUT2D eigenvalue weighted by atomic mass is 16.5. The van der Waals surface area contributed by atoms with Crippen LogP contribution in [0.3, 0.4) is 0 Å². The van der Waals surface area contributed by atoms with Crippen molar-refractivity contribution in [3.63, 3.8) is 0 Å². The lowest BCUT2D eigenvalue weighted by Gasteiger charge is -2.25. The van der Waals surface area contributed by atoms with E-state index < -0.39 is 5.97 Å². The number of aromatic nitrogens is 4. The Morgan fingerprint density at radius 3 is 2.68 bits per heavy atom. The number of fused-ring (bicyclic) bond motifs is 1. The van der Waals surface area contributed by atoms with Gasteiger partial charge >= 0.3 is 5.97 Å². The first-order chi connectivity index (χ1) is 16.4. The molecule has 0 aliphatic carbocycles. The normalized spacial score (nSPS) is 13.6. The van der Waals surface area contributed by atoms with Crippen molar-refractivity contribution in [2.45, 2.75) is 46.7 Å². The van der Waals surface area contributed by atoms with Gasteiger partial charge in [0.25, 0.3) is 5.91 Å². The van der Waals surface area contributed by atoms with Crippen LogP contribution in [0.4, 0.5) is 5.95 Å². The van der Waals surface area contributed by atoms with Crippen LogP contribution in [0.25, 0.3) is 11.0 Å². The summed E-state index contributed by atoms with van der Waals surface area (Å²) in [5.41, 5.74) is 2.85. The Hall–Kier alpha value is -3.40. The van der Waals surface area contributed by atoms with Gasteiger partial charge in [-0.05, 0) is 44.9 Å². The van der Waals surface area contributed by atoms with Gasteiger partial charge in [-0.15, -0.1) is 0 Å². The number of methoxy groups -OCH3 is 1. The van der Waals surface area contributed by atoms with Crippen LogP contribution in [0.5, 0.6) is 5.75 Å². The number of amides is 1. The Bertz CT molecular complexity index is 1190. The van der Waals surface area contributed by atoms with Crippen LogP contribution in [0.2, 0.25) is 0 Å². The number of carbonyl (C=O) groups is 2. The van der Waals surface area contributed by atoms with E-state index in [4.69, 9.17) is 14.2 Å². The number of rotatable bonds is 10. The zero-order chi connectivity index (χ0) is 24.2. The molecule has 34 heavy (non-hydrogen) atoms. The third-order valence-electron chi connectivity index (χ3n) is 5.83. The lowest BCUT2D eigenvalue weighted by atomic mass is 10.1. The van der Waals surface area contributed by atoms with Crippen molar-refractivity contribution in [1.29, 1.82) is 0 Å². The van der Waals surface area contributed by atoms with Crippen LogP contribution < -0.4 is 10.1 Å². The number of carbonyl (C=O) groups excluding carboxylic acids is 2. The van der Waals surface area contributed by atoms with Crippen LogP contribution in [-0.4, -0.2) is 58.1 Å². The largest absolute Gasteiger partial charge is 0.491 e. The molecule has 1 amide bonds. The van der Waals surface area contributed by atoms with Crippen molar-refractivity contribution < 1.29 is 23.8 Å². The molecular formula is C24H31N5O5. The molecule has 1 fully saturated rings. The molecule has 0 unspecified atom stereocenters. The Balaban J connectivity index is 1.72. The first-order valence-electron chi connectivity index (χ1n) is 11.6. The Morgan fingerprint density at radius 1 is 1.24 bits per heavy atom. The summed E-state index contributed by atoms with van der Waals surface area (Å²) in [5.74, 6) is 0.644. The van der Waals surface area contributed by atoms with Gasteiger partial charge in [0, 0.05) is 19.0 Å². The summed E-state index contributed by atoms with van der Waals surface area (Å²) in [5, 5.41) is 7.29. The van der Waals surface area contributed by atoms with Gasteiger partial charge in [-0.3, -0.25) is 14.8 Å². The molecule has 0 saturated carbocycles. The third-order valence-corrected chi connectivity index (χ3v) is 5.83. The van der Waals surface area contributed by atoms with Crippen LogP contribution in [0, 0.1) is 12.8 Å². The van der Waals surface area contributed by atoms with Crippen molar-refractivity contribution in [3.05, 3.63) is 35.2 Å². The molecule has 1 N–H and O–H groups in total. The quantitative estimate of drug-likeness (QED) is 0.453. The topological polar surface area (TPSA) is 110 Å². The molecule has 3 aromatic rings. The summed E-state index contributed by atoms with van der Waals surface area (Å²) in [6.07, 6.45) is 1.67. The molecule has 4 rings (SSSR count). The first-order valence-corrected chi connectivity index (χ1v) is 11.6. The summed E-state index contributed by atoms with van der Waals surface area (Å²) < 4.78 is 19.9. The van der Waals surface area contributed by atoms with Gasteiger partial charge in [-0.1, -0.05) is 6.92 Å². The molecule has 1 saturated heterocycles. The number of esters is 1. The van der Waals surface area contributed by atoms with Crippen LogP contribution >= 0.6 is 0 Å². The summed E-state index contributed by atoms with van der Waals surface area (Å²) in [7, 11) is 1.34. The van der Waals surface area contributed by atoms with E-state index in [2.05, 4.69) is 15.4 Å². The van der Waals surface area contributed by atoms with Crippen molar-refractivity contribution in [1.82, 2.24) is 19.3 Å². The number of aryl methyl sites for hydroxylation is 3. The molecule has 182 valence electrons. The molecular weight excluding hydrogens is 438 g/mol. The second-order valence-corrected chi connectivity index (χ2v) is 8.40. The van der Waals surface area contributed by atoms with Gasteiger partial charge in [0.1, 0.15) is 17.0 Å². The van der Waals surface area contributed by atoms with E-state index in [0.29, 0.717) is 54.1 Å².